The van der Waals surface area contributed by atoms with Crippen LogP contribution in [0, 0.1) is 11.8 Å². The number of aliphatic carboxylic acids is 2. The lowest BCUT2D eigenvalue weighted by molar-refractivity contribution is -0.144. The van der Waals surface area contributed by atoms with Gasteiger partial charge < -0.3 is 25.0 Å². The topological polar surface area (TPSA) is 164 Å². The van der Waals surface area contributed by atoms with Gasteiger partial charge in [0.15, 0.2) is 0 Å². The van der Waals surface area contributed by atoms with Gasteiger partial charge in [-0.1, -0.05) is 67.9 Å². The van der Waals surface area contributed by atoms with Crippen LogP contribution in [0.4, 0.5) is 5.69 Å². The van der Waals surface area contributed by atoms with Crippen molar-refractivity contribution in [2.24, 2.45) is 11.8 Å². The van der Waals surface area contributed by atoms with Crippen LogP contribution in [0.3, 0.4) is 0 Å². The van der Waals surface area contributed by atoms with Crippen molar-refractivity contribution in [3.05, 3.63) is 118 Å². The van der Waals surface area contributed by atoms with Crippen molar-refractivity contribution in [3.63, 3.8) is 0 Å². The van der Waals surface area contributed by atoms with Crippen LogP contribution in [0.25, 0.3) is 0 Å². The van der Waals surface area contributed by atoms with Gasteiger partial charge in [-0.15, -0.1) is 0 Å². The predicted octanol–water partition coefficient (Wildman–Crippen LogP) is 8.58. The Morgan fingerprint density at radius 3 is 2.50 bits per heavy atom. The summed E-state index contributed by atoms with van der Waals surface area (Å²) in [7, 11) is -3.91. The largest absolute Gasteiger partial charge is 0.494 e. The van der Waals surface area contributed by atoms with Crippen LogP contribution >= 0.6 is 11.6 Å². The number of pyridine rings is 1. The number of rotatable bonds is 18. The molecule has 1 saturated carbocycles. The van der Waals surface area contributed by atoms with E-state index in [1.165, 1.54) is 11.1 Å². The second kappa shape index (κ2) is 18.5. The minimum atomic E-state index is -3.91. The van der Waals surface area contributed by atoms with E-state index in [2.05, 4.69) is 41.0 Å². The zero-order chi connectivity index (χ0) is 42.5. The second-order valence-electron chi connectivity index (χ2n) is 17.2. The average Bonchev–Trinajstić information content (AvgIpc) is 3.50. The third-order valence-electron chi connectivity index (χ3n) is 13.0. The summed E-state index contributed by atoms with van der Waals surface area (Å²) in [5.74, 6) is -0.00918. The molecule has 0 amide bonds. The summed E-state index contributed by atoms with van der Waals surface area (Å²) in [6.07, 6.45) is 9.14. The fourth-order valence-corrected chi connectivity index (χ4v) is 11.3. The molecule has 7 rings (SSSR count). The molecule has 0 aliphatic heterocycles. The summed E-state index contributed by atoms with van der Waals surface area (Å²) in [5.41, 5.74) is 4.68. The smallest absolute Gasteiger partial charge is 0.329 e. The van der Waals surface area contributed by atoms with Crippen LogP contribution in [0.2, 0.25) is 5.02 Å². The van der Waals surface area contributed by atoms with Crippen LogP contribution in [0.5, 0.6) is 11.5 Å². The maximum atomic E-state index is 13.1. The monoisotopic (exact) mass is 857 g/mol. The van der Waals surface area contributed by atoms with E-state index in [1.54, 1.807) is 36.4 Å². The van der Waals surface area contributed by atoms with E-state index >= 15 is 0 Å². The Bertz CT molecular complexity index is 2260. The zero-order valence-corrected chi connectivity index (χ0v) is 35.9. The molecule has 60 heavy (non-hydrogen) atoms. The minimum absolute atomic E-state index is 0.0334. The number of anilines is 1. The van der Waals surface area contributed by atoms with Crippen LogP contribution in [-0.4, -0.2) is 66.1 Å². The zero-order valence-electron chi connectivity index (χ0n) is 34.4. The first-order chi connectivity index (χ1) is 28.8. The molecule has 3 aliphatic rings. The molecule has 0 radical (unpaired) electrons. The number of halogens is 1. The molecule has 11 nitrogen and oxygen atoms in total. The Hall–Kier alpha value is -4.65. The highest BCUT2D eigenvalue weighted by molar-refractivity contribution is 7.89. The molecule has 13 heteroatoms. The second-order valence-corrected chi connectivity index (χ2v) is 19.5. The molecule has 2 unspecified atom stereocenters. The number of carboxylic acids is 2. The van der Waals surface area contributed by atoms with Crippen molar-refractivity contribution in [2.75, 3.05) is 24.3 Å². The number of hydrogen-bond acceptors (Lipinski definition) is 8. The van der Waals surface area contributed by atoms with Gasteiger partial charge in [-0.25, -0.2) is 17.9 Å². The molecule has 1 aromatic heterocycles. The lowest BCUT2D eigenvalue weighted by Crippen LogP contribution is -2.53. The Morgan fingerprint density at radius 2 is 1.77 bits per heavy atom. The van der Waals surface area contributed by atoms with E-state index in [-0.39, 0.29) is 42.5 Å². The van der Waals surface area contributed by atoms with Gasteiger partial charge in [0.1, 0.15) is 23.1 Å². The Morgan fingerprint density at radius 1 is 0.983 bits per heavy atom. The van der Waals surface area contributed by atoms with Crippen LogP contribution in [0.15, 0.2) is 85.1 Å². The Labute approximate surface area is 358 Å². The maximum Gasteiger partial charge on any atom is 0.329 e. The first-order valence-corrected chi connectivity index (χ1v) is 23.2. The first kappa shape index (κ1) is 43.4. The van der Waals surface area contributed by atoms with Gasteiger partial charge in [0, 0.05) is 28.2 Å². The van der Waals surface area contributed by atoms with Gasteiger partial charge in [0.05, 0.1) is 19.0 Å². The standard InChI is InChI=1S/C47H56ClN3O8S/c1-31(30-59-42-17-22-49-40-14-6-9-32(2)43(40)42)25-35-27-34-15-16-38(58-23-8-24-60(56,57)51-41(44(52)53)26-33-10-4-3-5-11-33)29-39(34)46(35)18-20-47(21-19-46,45(54)55)50-37-13-7-12-36(48)28-37/h3-5,7,10-13,15-17,22,28-29,31-32,35,41,50-51H,6,8-9,14,18-21,23-27,30H2,1-2H3,(H,52,53)(H,54,55)/t31-,32-,35?,41?,46?,47?/m1/s1. The van der Waals surface area contributed by atoms with E-state index in [1.807, 2.05) is 36.5 Å². The van der Waals surface area contributed by atoms with Gasteiger partial charge >= 0.3 is 11.9 Å². The highest BCUT2D eigenvalue weighted by Gasteiger charge is 2.54. The number of nitrogens with zero attached hydrogens (tertiary/aromatic N) is 1. The molecule has 4 atom stereocenters. The van der Waals surface area contributed by atoms with Crippen molar-refractivity contribution in [2.45, 2.75) is 107 Å². The predicted molar refractivity (Wildman–Crippen MR) is 233 cm³/mol. The molecule has 0 saturated heterocycles. The number of carbonyl (C=O) groups is 2. The Kier molecular flexibility index (Phi) is 13.4. The van der Waals surface area contributed by atoms with Crippen molar-refractivity contribution in [1.82, 2.24) is 9.71 Å². The number of carboxylic acid groups (broad SMARTS) is 2. The average molecular weight is 858 g/mol. The summed E-state index contributed by atoms with van der Waals surface area (Å²) in [5, 5.41) is 24.3. The van der Waals surface area contributed by atoms with Crippen molar-refractivity contribution in [1.29, 1.82) is 0 Å². The number of aryl methyl sites for hydroxylation is 1. The van der Waals surface area contributed by atoms with Crippen molar-refractivity contribution >= 4 is 39.3 Å². The maximum absolute atomic E-state index is 13.1. The van der Waals surface area contributed by atoms with Crippen molar-refractivity contribution in [3.8, 4) is 11.5 Å². The van der Waals surface area contributed by atoms with Gasteiger partial charge in [-0.2, -0.15) is 0 Å². The van der Waals surface area contributed by atoms with Gasteiger partial charge in [-0.3, -0.25) is 9.78 Å². The normalized spacial score (nSPS) is 23.2. The minimum Gasteiger partial charge on any atom is -0.494 e. The molecular formula is C47H56ClN3O8S. The Balaban J connectivity index is 1.05. The molecule has 4 aromatic rings. The van der Waals surface area contributed by atoms with Crippen LogP contribution in [-0.2, 0) is 44.3 Å². The van der Waals surface area contributed by atoms with E-state index < -0.39 is 33.5 Å². The van der Waals surface area contributed by atoms with Crippen LogP contribution < -0.4 is 19.5 Å². The molecule has 1 fully saturated rings. The molecule has 320 valence electrons. The number of sulfonamides is 1. The molecule has 1 spiro atoms. The quantitative estimate of drug-likeness (QED) is 0.0713. The number of aromatic nitrogens is 1. The summed E-state index contributed by atoms with van der Waals surface area (Å²) in [4.78, 5) is 29.6. The lowest BCUT2D eigenvalue weighted by Gasteiger charge is -2.47. The summed E-state index contributed by atoms with van der Waals surface area (Å²) < 4.78 is 41.0. The summed E-state index contributed by atoms with van der Waals surface area (Å²) in [6.45, 7) is 5.16. The summed E-state index contributed by atoms with van der Waals surface area (Å²) in [6, 6.07) is 22.9. The molecule has 4 N–H and O–H groups in total. The molecule has 1 heterocycles. The van der Waals surface area contributed by atoms with Crippen LogP contribution in [0.1, 0.15) is 99.1 Å². The number of fused-ring (bicyclic) bond motifs is 3. The molecular weight excluding hydrogens is 802 g/mol. The van der Waals surface area contributed by atoms with E-state index in [4.69, 9.17) is 21.1 Å². The SMILES string of the molecule is C[C@@H](COc1ccnc2c1[C@H](C)CCC2)CC1Cc2ccc(OCCCS(=O)(=O)NC(Cc3ccccc3)C(=O)O)cc2C12CCC(Nc1cccc(Cl)c1)(C(=O)O)CC2. The third kappa shape index (κ3) is 9.93. The molecule has 0 bridgehead atoms. The number of benzene rings is 3. The number of nitrogens with one attached hydrogen (secondary N) is 2. The van der Waals surface area contributed by atoms with E-state index in [0.29, 0.717) is 54.7 Å². The highest BCUT2D eigenvalue weighted by atomic mass is 35.5. The van der Waals surface area contributed by atoms with E-state index in [0.717, 1.165) is 54.7 Å². The number of ether oxygens (including phenoxy) is 2. The van der Waals surface area contributed by atoms with Crippen molar-refractivity contribution < 1.29 is 37.7 Å². The molecule has 3 aromatic carbocycles. The third-order valence-corrected chi connectivity index (χ3v) is 14.7. The molecule has 3 aliphatic carbocycles. The fourth-order valence-electron chi connectivity index (χ4n) is 9.91. The van der Waals surface area contributed by atoms with E-state index in [9.17, 15) is 28.2 Å². The highest BCUT2D eigenvalue weighted by Crippen LogP contribution is 2.57. The summed E-state index contributed by atoms with van der Waals surface area (Å²) >= 11 is 6.29. The number of hydrogen-bond donors (Lipinski definition) is 4. The van der Waals surface area contributed by atoms with Gasteiger partial charge in [-0.05, 0) is 147 Å². The van der Waals surface area contributed by atoms with Gasteiger partial charge in [0.25, 0.3) is 0 Å². The first-order valence-electron chi connectivity index (χ1n) is 21.2. The van der Waals surface area contributed by atoms with Gasteiger partial charge in [0.2, 0.25) is 10.0 Å². The lowest BCUT2D eigenvalue weighted by atomic mass is 9.59. The fraction of sp³-hybridized carbons (Fsp3) is 0.468.